The van der Waals surface area contributed by atoms with E-state index in [4.69, 9.17) is 5.73 Å². The molecule has 0 bridgehead atoms. The van der Waals surface area contributed by atoms with E-state index in [0.717, 1.165) is 6.04 Å². The van der Waals surface area contributed by atoms with Gasteiger partial charge in [-0.15, -0.1) is 0 Å². The molecule has 0 spiro atoms. The summed E-state index contributed by atoms with van der Waals surface area (Å²) >= 11 is 0. The molecule has 0 aromatic carbocycles. The van der Waals surface area contributed by atoms with Crippen molar-refractivity contribution in [3.05, 3.63) is 0 Å². The third-order valence-electron chi connectivity index (χ3n) is 4.15. The molecular formula is C12H24N2. The summed E-state index contributed by atoms with van der Waals surface area (Å²) < 4.78 is 0. The highest BCUT2D eigenvalue weighted by atomic mass is 14.9. The Morgan fingerprint density at radius 3 is 2.36 bits per heavy atom. The molecule has 2 nitrogen and oxygen atoms in total. The lowest BCUT2D eigenvalue weighted by Crippen LogP contribution is -2.44. The summed E-state index contributed by atoms with van der Waals surface area (Å²) in [4.78, 5) is 0. The Hall–Kier alpha value is -0.0800. The van der Waals surface area contributed by atoms with Crippen LogP contribution in [0.1, 0.15) is 51.9 Å². The predicted octanol–water partition coefficient (Wildman–Crippen LogP) is 2.04. The van der Waals surface area contributed by atoms with E-state index in [-0.39, 0.29) is 0 Å². The van der Waals surface area contributed by atoms with E-state index in [9.17, 15) is 0 Å². The van der Waals surface area contributed by atoms with E-state index in [1.165, 1.54) is 51.5 Å². The molecule has 0 heterocycles. The number of rotatable bonds is 3. The zero-order valence-electron chi connectivity index (χ0n) is 9.39. The average Bonchev–Trinajstić information content (AvgIpc) is 2.14. The fourth-order valence-corrected chi connectivity index (χ4v) is 2.67. The lowest BCUT2D eigenvalue weighted by Gasteiger charge is -2.40. The van der Waals surface area contributed by atoms with Gasteiger partial charge in [-0.25, -0.2) is 0 Å². The first-order valence-corrected chi connectivity index (χ1v) is 6.17. The Morgan fingerprint density at radius 1 is 1.21 bits per heavy atom. The maximum atomic E-state index is 5.89. The molecule has 2 rings (SSSR count). The van der Waals surface area contributed by atoms with Gasteiger partial charge < -0.3 is 11.1 Å². The Morgan fingerprint density at radius 2 is 1.86 bits per heavy atom. The number of hydrogen-bond acceptors (Lipinski definition) is 2. The molecule has 0 amide bonds. The molecular weight excluding hydrogens is 172 g/mol. The molecule has 0 aromatic rings. The van der Waals surface area contributed by atoms with Gasteiger partial charge in [0.1, 0.15) is 0 Å². The van der Waals surface area contributed by atoms with Gasteiger partial charge in [-0.05, 0) is 43.9 Å². The highest BCUT2D eigenvalue weighted by Gasteiger charge is 2.32. The Labute approximate surface area is 87.6 Å². The smallest absolute Gasteiger partial charge is 0.00684 e. The minimum absolute atomic E-state index is 0.479. The minimum atomic E-state index is 0.479. The van der Waals surface area contributed by atoms with Crippen LogP contribution in [0.2, 0.25) is 0 Å². The molecule has 82 valence electrons. The summed E-state index contributed by atoms with van der Waals surface area (Å²) in [6, 6.07) is 1.24. The molecule has 2 aliphatic carbocycles. The fraction of sp³-hybridized carbons (Fsp3) is 1.00. The van der Waals surface area contributed by atoms with Crippen LogP contribution in [0.15, 0.2) is 0 Å². The molecule has 2 fully saturated rings. The SMILES string of the molecule is CC1(CNC2CCC(N)CC2)CCC1. The summed E-state index contributed by atoms with van der Waals surface area (Å²) in [6.45, 7) is 3.64. The maximum Gasteiger partial charge on any atom is 0.00684 e. The summed E-state index contributed by atoms with van der Waals surface area (Å²) in [5, 5.41) is 3.73. The van der Waals surface area contributed by atoms with Crippen LogP contribution in [-0.4, -0.2) is 18.6 Å². The number of nitrogens with two attached hydrogens (primary N) is 1. The normalized spacial score (nSPS) is 36.4. The van der Waals surface area contributed by atoms with Crippen LogP contribution in [0.5, 0.6) is 0 Å². The van der Waals surface area contributed by atoms with Crippen LogP contribution in [-0.2, 0) is 0 Å². The van der Waals surface area contributed by atoms with Crippen molar-refractivity contribution in [3.63, 3.8) is 0 Å². The lowest BCUT2D eigenvalue weighted by molar-refractivity contribution is 0.145. The molecule has 0 saturated heterocycles. The van der Waals surface area contributed by atoms with E-state index >= 15 is 0 Å². The average molecular weight is 196 g/mol. The third-order valence-corrected chi connectivity index (χ3v) is 4.15. The quantitative estimate of drug-likeness (QED) is 0.725. The maximum absolute atomic E-state index is 5.89. The molecule has 0 aliphatic heterocycles. The van der Waals surface area contributed by atoms with E-state index in [2.05, 4.69) is 12.2 Å². The van der Waals surface area contributed by atoms with Gasteiger partial charge in [-0.1, -0.05) is 13.3 Å². The van der Waals surface area contributed by atoms with Crippen LogP contribution in [0.4, 0.5) is 0 Å². The molecule has 0 radical (unpaired) electrons. The number of hydrogen-bond donors (Lipinski definition) is 2. The summed E-state index contributed by atoms with van der Waals surface area (Å²) in [5.41, 5.74) is 6.51. The Kier molecular flexibility index (Phi) is 3.13. The van der Waals surface area contributed by atoms with Crippen LogP contribution in [0.25, 0.3) is 0 Å². The standard InChI is InChI=1S/C12H24N2/c1-12(7-2-8-12)9-14-11-5-3-10(13)4-6-11/h10-11,14H,2-9,13H2,1H3. The van der Waals surface area contributed by atoms with Crippen molar-refractivity contribution in [2.75, 3.05) is 6.54 Å². The third kappa shape index (κ3) is 2.48. The van der Waals surface area contributed by atoms with Crippen molar-refractivity contribution in [2.24, 2.45) is 11.1 Å². The summed E-state index contributed by atoms with van der Waals surface area (Å²) in [7, 11) is 0. The fourth-order valence-electron chi connectivity index (χ4n) is 2.67. The van der Waals surface area contributed by atoms with Crippen molar-refractivity contribution < 1.29 is 0 Å². The highest BCUT2D eigenvalue weighted by molar-refractivity contribution is 4.87. The first-order chi connectivity index (χ1) is 6.68. The summed E-state index contributed by atoms with van der Waals surface area (Å²) in [6.07, 6.45) is 9.30. The zero-order valence-corrected chi connectivity index (χ0v) is 9.39. The van der Waals surface area contributed by atoms with Crippen molar-refractivity contribution in [1.29, 1.82) is 0 Å². The van der Waals surface area contributed by atoms with Gasteiger partial charge in [0.15, 0.2) is 0 Å². The van der Waals surface area contributed by atoms with Gasteiger partial charge in [0.05, 0.1) is 0 Å². The Balaban J connectivity index is 1.65. The van der Waals surface area contributed by atoms with Crippen molar-refractivity contribution in [3.8, 4) is 0 Å². The molecule has 0 atom stereocenters. The second-order valence-electron chi connectivity index (χ2n) is 5.66. The van der Waals surface area contributed by atoms with Crippen LogP contribution < -0.4 is 11.1 Å². The van der Waals surface area contributed by atoms with E-state index in [1.807, 2.05) is 0 Å². The van der Waals surface area contributed by atoms with E-state index < -0.39 is 0 Å². The minimum Gasteiger partial charge on any atom is -0.328 e. The largest absolute Gasteiger partial charge is 0.328 e. The van der Waals surface area contributed by atoms with Gasteiger partial charge in [0.2, 0.25) is 0 Å². The Bertz CT molecular complexity index is 179. The van der Waals surface area contributed by atoms with Crippen LogP contribution >= 0.6 is 0 Å². The van der Waals surface area contributed by atoms with Gasteiger partial charge in [-0.3, -0.25) is 0 Å². The number of nitrogens with one attached hydrogen (secondary N) is 1. The monoisotopic (exact) mass is 196 g/mol. The van der Waals surface area contributed by atoms with Gasteiger partial charge in [0.25, 0.3) is 0 Å². The predicted molar refractivity (Wildman–Crippen MR) is 60.2 cm³/mol. The second-order valence-corrected chi connectivity index (χ2v) is 5.66. The molecule has 2 saturated carbocycles. The molecule has 14 heavy (non-hydrogen) atoms. The molecule has 2 heteroatoms. The molecule has 3 N–H and O–H groups in total. The molecule has 0 aromatic heterocycles. The van der Waals surface area contributed by atoms with Gasteiger partial charge in [-0.2, -0.15) is 0 Å². The van der Waals surface area contributed by atoms with Crippen molar-refractivity contribution in [2.45, 2.75) is 64.0 Å². The van der Waals surface area contributed by atoms with Gasteiger partial charge >= 0.3 is 0 Å². The van der Waals surface area contributed by atoms with E-state index in [1.54, 1.807) is 0 Å². The zero-order chi connectivity index (χ0) is 10.0. The van der Waals surface area contributed by atoms with E-state index in [0.29, 0.717) is 11.5 Å². The second kappa shape index (κ2) is 4.19. The topological polar surface area (TPSA) is 38.0 Å². The van der Waals surface area contributed by atoms with Crippen molar-refractivity contribution in [1.82, 2.24) is 5.32 Å². The molecule has 2 aliphatic rings. The lowest BCUT2D eigenvalue weighted by atomic mass is 9.70. The molecule has 0 unspecified atom stereocenters. The van der Waals surface area contributed by atoms with Crippen molar-refractivity contribution >= 4 is 0 Å². The first-order valence-electron chi connectivity index (χ1n) is 6.17. The van der Waals surface area contributed by atoms with Crippen LogP contribution in [0.3, 0.4) is 0 Å². The van der Waals surface area contributed by atoms with Gasteiger partial charge in [0, 0.05) is 18.6 Å². The first kappa shape index (κ1) is 10.4. The highest BCUT2D eigenvalue weighted by Crippen LogP contribution is 2.39. The van der Waals surface area contributed by atoms with Crippen LogP contribution in [0, 0.1) is 5.41 Å². The summed E-state index contributed by atoms with van der Waals surface area (Å²) in [5.74, 6) is 0.